The number of halogens is 1. The molecule has 3 aromatic heterocycles. The summed E-state index contributed by atoms with van der Waals surface area (Å²) in [5.74, 6) is 0.454. The van der Waals surface area contributed by atoms with Crippen molar-refractivity contribution in [3.05, 3.63) is 87.9 Å². The summed E-state index contributed by atoms with van der Waals surface area (Å²) in [5.41, 5.74) is 5.04. The second kappa shape index (κ2) is 9.76. The Morgan fingerprint density at radius 1 is 1.03 bits per heavy atom. The largest absolute Gasteiger partial charge is 0.352 e. The zero-order chi connectivity index (χ0) is 24.4. The Labute approximate surface area is 206 Å². The first-order valence-corrected chi connectivity index (χ1v) is 12.2. The van der Waals surface area contributed by atoms with Gasteiger partial charge in [0.15, 0.2) is 0 Å². The van der Waals surface area contributed by atoms with E-state index in [2.05, 4.69) is 35.2 Å². The van der Waals surface area contributed by atoms with Gasteiger partial charge in [-0.1, -0.05) is 0 Å². The minimum atomic E-state index is -0.300. The topological polar surface area (TPSA) is 83.6 Å². The monoisotopic (exact) mass is 485 g/mol. The van der Waals surface area contributed by atoms with Gasteiger partial charge in [-0.2, -0.15) is 0 Å². The van der Waals surface area contributed by atoms with Crippen LogP contribution in [0.5, 0.6) is 0 Å². The van der Waals surface area contributed by atoms with Gasteiger partial charge in [-0.05, 0) is 68.8 Å². The Bertz CT molecular complexity index is 1490. The molecule has 5 rings (SSSR count). The van der Waals surface area contributed by atoms with Crippen molar-refractivity contribution in [3.8, 4) is 22.5 Å². The molecule has 0 saturated carbocycles. The van der Waals surface area contributed by atoms with Crippen molar-refractivity contribution in [2.24, 2.45) is 0 Å². The van der Waals surface area contributed by atoms with E-state index in [4.69, 9.17) is 9.97 Å². The minimum absolute atomic E-state index is 0.153. The zero-order valence-electron chi connectivity index (χ0n) is 19.4. The summed E-state index contributed by atoms with van der Waals surface area (Å²) in [6.45, 7) is 4.66. The molecule has 5 aromatic rings. The molecule has 0 atom stereocenters. The van der Waals surface area contributed by atoms with Gasteiger partial charge in [-0.3, -0.25) is 4.79 Å². The van der Waals surface area contributed by atoms with Gasteiger partial charge in [-0.25, -0.2) is 19.3 Å². The number of fused-ring (bicyclic) bond motifs is 1. The number of carbonyl (C=O) groups is 1. The molecule has 0 radical (unpaired) electrons. The molecule has 0 bridgehead atoms. The van der Waals surface area contributed by atoms with Crippen LogP contribution in [0.4, 0.5) is 4.39 Å². The highest BCUT2D eigenvalue weighted by Crippen LogP contribution is 2.36. The first kappa shape index (κ1) is 22.9. The number of hydrogen-bond donors (Lipinski definition) is 2. The number of carbonyl (C=O) groups excluding carboxylic acids is 1. The number of benzene rings is 2. The first-order chi connectivity index (χ1) is 17.0. The Morgan fingerprint density at radius 3 is 2.54 bits per heavy atom. The number of hydrogen-bond acceptors (Lipinski definition) is 5. The van der Waals surface area contributed by atoms with E-state index < -0.39 is 0 Å². The van der Waals surface area contributed by atoms with Crippen LogP contribution in [0.25, 0.3) is 33.5 Å². The van der Waals surface area contributed by atoms with Gasteiger partial charge in [0.05, 0.1) is 22.4 Å². The van der Waals surface area contributed by atoms with Crippen LogP contribution in [0.3, 0.4) is 0 Å². The predicted molar refractivity (Wildman–Crippen MR) is 137 cm³/mol. The molecule has 0 saturated heterocycles. The standard InChI is InChI=1S/C27H24FN5OS/c1-16-14-21(17(2)35-16)26-25(18-5-8-20(28)9-6-18)32-22-10-7-19(15-23(22)33-26)27(34)31-11-3-4-24-29-12-13-30-24/h5-10,12-15H,3-4,11H2,1-2H3,(H,29,30)(H,31,34). The van der Waals surface area contributed by atoms with Crippen LogP contribution in [-0.4, -0.2) is 32.4 Å². The van der Waals surface area contributed by atoms with Crippen molar-refractivity contribution in [1.82, 2.24) is 25.3 Å². The van der Waals surface area contributed by atoms with Gasteiger partial charge >= 0.3 is 0 Å². The number of amides is 1. The fraction of sp³-hybridized carbons (Fsp3) is 0.185. The van der Waals surface area contributed by atoms with E-state index in [0.29, 0.717) is 28.8 Å². The van der Waals surface area contributed by atoms with Crippen LogP contribution < -0.4 is 5.32 Å². The molecular weight excluding hydrogens is 461 g/mol. The molecule has 0 aliphatic rings. The maximum atomic E-state index is 13.6. The fourth-order valence-electron chi connectivity index (χ4n) is 4.05. The van der Waals surface area contributed by atoms with Crippen molar-refractivity contribution in [3.63, 3.8) is 0 Å². The van der Waals surface area contributed by atoms with Crippen LogP contribution in [0, 0.1) is 19.7 Å². The summed E-state index contributed by atoms with van der Waals surface area (Å²) in [6, 6.07) is 13.7. The van der Waals surface area contributed by atoms with E-state index in [9.17, 15) is 9.18 Å². The molecule has 0 aliphatic carbocycles. The number of aryl methyl sites for hydroxylation is 3. The summed E-state index contributed by atoms with van der Waals surface area (Å²) in [4.78, 5) is 32.2. The zero-order valence-corrected chi connectivity index (χ0v) is 20.2. The van der Waals surface area contributed by atoms with Crippen molar-refractivity contribution in [2.75, 3.05) is 6.54 Å². The van der Waals surface area contributed by atoms with Crippen LogP contribution in [0.2, 0.25) is 0 Å². The number of thiophene rings is 1. The van der Waals surface area contributed by atoms with Crippen LogP contribution in [0.15, 0.2) is 60.9 Å². The van der Waals surface area contributed by atoms with Crippen molar-refractivity contribution in [2.45, 2.75) is 26.7 Å². The number of aromatic nitrogens is 4. The van der Waals surface area contributed by atoms with Gasteiger partial charge in [0.2, 0.25) is 0 Å². The highest BCUT2D eigenvalue weighted by atomic mass is 32.1. The van der Waals surface area contributed by atoms with Crippen LogP contribution in [0.1, 0.15) is 32.4 Å². The van der Waals surface area contributed by atoms with E-state index in [0.717, 1.165) is 40.4 Å². The summed E-state index contributed by atoms with van der Waals surface area (Å²) in [6.07, 6.45) is 5.07. The van der Waals surface area contributed by atoms with E-state index in [1.54, 1.807) is 48.0 Å². The SMILES string of the molecule is Cc1cc(-c2nc3cc(C(=O)NCCCc4ncc[nH]4)ccc3nc2-c2ccc(F)cc2)c(C)s1. The molecule has 6 nitrogen and oxygen atoms in total. The molecule has 35 heavy (non-hydrogen) atoms. The Kier molecular flexibility index (Phi) is 6.37. The predicted octanol–water partition coefficient (Wildman–Crippen LogP) is 5.87. The summed E-state index contributed by atoms with van der Waals surface area (Å²) in [5, 5.41) is 2.96. The van der Waals surface area contributed by atoms with Crippen LogP contribution in [-0.2, 0) is 6.42 Å². The number of rotatable bonds is 7. The third-order valence-electron chi connectivity index (χ3n) is 5.77. The Hall–Kier alpha value is -3.91. The summed E-state index contributed by atoms with van der Waals surface area (Å²) >= 11 is 1.70. The molecule has 176 valence electrons. The molecule has 2 aromatic carbocycles. The quantitative estimate of drug-likeness (QED) is 0.283. The lowest BCUT2D eigenvalue weighted by Gasteiger charge is -2.11. The van der Waals surface area contributed by atoms with Crippen molar-refractivity contribution < 1.29 is 9.18 Å². The molecule has 1 amide bonds. The van der Waals surface area contributed by atoms with Gasteiger partial charge in [0.25, 0.3) is 5.91 Å². The van der Waals surface area contributed by atoms with Gasteiger partial charge in [-0.15, -0.1) is 11.3 Å². The Balaban J connectivity index is 1.47. The molecule has 8 heteroatoms. The molecule has 3 heterocycles. The first-order valence-electron chi connectivity index (χ1n) is 11.4. The van der Waals surface area contributed by atoms with E-state index in [-0.39, 0.29) is 11.7 Å². The number of nitrogens with zero attached hydrogens (tertiary/aromatic N) is 3. The molecule has 0 spiro atoms. The lowest BCUT2D eigenvalue weighted by molar-refractivity contribution is 0.0953. The molecular formula is C27H24FN5OS. The lowest BCUT2D eigenvalue weighted by Crippen LogP contribution is -2.24. The number of imidazole rings is 1. The van der Waals surface area contributed by atoms with E-state index in [1.165, 1.54) is 17.0 Å². The highest BCUT2D eigenvalue weighted by Gasteiger charge is 2.18. The minimum Gasteiger partial charge on any atom is -0.352 e. The van der Waals surface area contributed by atoms with Gasteiger partial charge in [0, 0.05) is 51.8 Å². The Morgan fingerprint density at radius 2 is 1.83 bits per heavy atom. The average molecular weight is 486 g/mol. The third kappa shape index (κ3) is 4.97. The second-order valence-corrected chi connectivity index (χ2v) is 9.81. The smallest absolute Gasteiger partial charge is 0.251 e. The van der Waals surface area contributed by atoms with E-state index in [1.807, 2.05) is 6.07 Å². The third-order valence-corrected chi connectivity index (χ3v) is 6.74. The number of H-pyrrole nitrogens is 1. The average Bonchev–Trinajstić information content (AvgIpc) is 3.50. The van der Waals surface area contributed by atoms with Gasteiger partial charge < -0.3 is 10.3 Å². The number of nitrogens with one attached hydrogen (secondary N) is 2. The summed E-state index contributed by atoms with van der Waals surface area (Å²) < 4.78 is 13.6. The normalized spacial score (nSPS) is 11.2. The number of aromatic amines is 1. The van der Waals surface area contributed by atoms with Gasteiger partial charge in [0.1, 0.15) is 11.6 Å². The molecule has 0 unspecified atom stereocenters. The molecule has 0 fully saturated rings. The van der Waals surface area contributed by atoms with E-state index >= 15 is 0 Å². The second-order valence-electron chi connectivity index (χ2n) is 8.35. The maximum absolute atomic E-state index is 13.6. The fourth-order valence-corrected chi connectivity index (χ4v) is 4.98. The molecule has 2 N–H and O–H groups in total. The maximum Gasteiger partial charge on any atom is 0.251 e. The highest BCUT2D eigenvalue weighted by molar-refractivity contribution is 7.12. The van der Waals surface area contributed by atoms with Crippen molar-refractivity contribution in [1.29, 1.82) is 0 Å². The van der Waals surface area contributed by atoms with Crippen LogP contribution >= 0.6 is 11.3 Å². The lowest BCUT2D eigenvalue weighted by atomic mass is 10.0. The summed E-state index contributed by atoms with van der Waals surface area (Å²) in [7, 11) is 0. The van der Waals surface area contributed by atoms with Crippen molar-refractivity contribution >= 4 is 28.3 Å². The molecule has 0 aliphatic heterocycles.